The summed E-state index contributed by atoms with van der Waals surface area (Å²) in [6.07, 6.45) is 0. The van der Waals surface area contributed by atoms with Gasteiger partial charge < -0.3 is 5.73 Å². The molecule has 0 aromatic heterocycles. The Bertz CT molecular complexity index is 350. The molecule has 1 aromatic rings. The van der Waals surface area contributed by atoms with E-state index in [1.54, 1.807) is 0 Å². The summed E-state index contributed by atoms with van der Waals surface area (Å²) in [5, 5.41) is 13.5. The molecular formula is C7H8N4O2. The highest BCUT2D eigenvalue weighted by Crippen LogP contribution is 2.23. The molecule has 68 valence electrons. The monoisotopic (exact) mass is 180 g/mol. The minimum Gasteiger partial charge on any atom is -0.326 e. The molecule has 0 bridgehead atoms. The molecule has 1 aromatic carbocycles. The normalized spacial score (nSPS) is 9.62. The van der Waals surface area contributed by atoms with Crippen molar-refractivity contribution in [2.24, 2.45) is 10.8 Å². The Kier molecular flexibility index (Phi) is 2.65. The van der Waals surface area contributed by atoms with E-state index in [0.29, 0.717) is 11.3 Å². The standard InChI is InChI=1S/C7H8N4O2/c8-4-5-3-6(11(12)13)1-2-7(5)10-9/h1-3,9H,4,8H2. The van der Waals surface area contributed by atoms with Crippen molar-refractivity contribution in [3.05, 3.63) is 33.9 Å². The van der Waals surface area contributed by atoms with Gasteiger partial charge in [0.2, 0.25) is 0 Å². The number of hydrogen-bond acceptors (Lipinski definition) is 5. The summed E-state index contributed by atoms with van der Waals surface area (Å²) in [5.74, 6) is 0. The first-order chi connectivity index (χ1) is 6.19. The molecule has 0 amide bonds. The maximum absolute atomic E-state index is 10.4. The quantitative estimate of drug-likeness (QED) is 0.420. The van der Waals surface area contributed by atoms with Gasteiger partial charge in [-0.25, -0.2) is 5.53 Å². The van der Waals surface area contributed by atoms with Gasteiger partial charge in [0, 0.05) is 24.2 Å². The van der Waals surface area contributed by atoms with Gasteiger partial charge in [0.05, 0.1) is 10.6 Å². The highest BCUT2D eigenvalue weighted by molar-refractivity contribution is 5.51. The molecule has 0 radical (unpaired) electrons. The fraction of sp³-hybridized carbons (Fsp3) is 0.143. The smallest absolute Gasteiger partial charge is 0.269 e. The Labute approximate surface area is 74.0 Å². The summed E-state index contributed by atoms with van der Waals surface area (Å²) in [6, 6.07) is 4.03. The zero-order valence-corrected chi connectivity index (χ0v) is 6.73. The Morgan fingerprint density at radius 2 is 2.31 bits per heavy atom. The summed E-state index contributed by atoms with van der Waals surface area (Å²) in [6.45, 7) is 0.138. The first-order valence-electron chi connectivity index (χ1n) is 3.54. The predicted octanol–water partition coefficient (Wildman–Crippen LogP) is 1.72. The van der Waals surface area contributed by atoms with E-state index in [4.69, 9.17) is 11.3 Å². The van der Waals surface area contributed by atoms with Gasteiger partial charge in [-0.15, -0.1) is 0 Å². The number of non-ortho nitro benzene ring substituents is 1. The lowest BCUT2D eigenvalue weighted by Crippen LogP contribution is -1.98. The van der Waals surface area contributed by atoms with Crippen molar-refractivity contribution in [3.63, 3.8) is 0 Å². The maximum atomic E-state index is 10.4. The molecule has 1 rings (SSSR count). The van der Waals surface area contributed by atoms with Crippen LogP contribution in [0.25, 0.3) is 0 Å². The van der Waals surface area contributed by atoms with Crippen LogP contribution in [0.5, 0.6) is 0 Å². The Morgan fingerprint density at radius 1 is 1.62 bits per heavy atom. The number of nitrogens with one attached hydrogen (secondary N) is 1. The second-order valence-corrected chi connectivity index (χ2v) is 2.39. The Morgan fingerprint density at radius 3 is 2.77 bits per heavy atom. The third-order valence-electron chi connectivity index (χ3n) is 1.61. The molecular weight excluding hydrogens is 172 g/mol. The van der Waals surface area contributed by atoms with E-state index in [1.807, 2.05) is 0 Å². The van der Waals surface area contributed by atoms with E-state index in [0.717, 1.165) is 0 Å². The summed E-state index contributed by atoms with van der Waals surface area (Å²) in [5.41, 5.74) is 12.9. The van der Waals surface area contributed by atoms with E-state index >= 15 is 0 Å². The Balaban J connectivity index is 3.20. The van der Waals surface area contributed by atoms with E-state index in [9.17, 15) is 10.1 Å². The predicted molar refractivity (Wildman–Crippen MR) is 45.8 cm³/mol. The van der Waals surface area contributed by atoms with Gasteiger partial charge in [-0.1, -0.05) is 0 Å². The van der Waals surface area contributed by atoms with Crippen molar-refractivity contribution in [3.8, 4) is 0 Å². The van der Waals surface area contributed by atoms with Crippen molar-refractivity contribution >= 4 is 11.4 Å². The summed E-state index contributed by atoms with van der Waals surface area (Å²) < 4.78 is 0. The molecule has 0 aliphatic rings. The number of nitrogens with two attached hydrogens (primary N) is 1. The molecule has 0 fully saturated rings. The molecule has 0 atom stereocenters. The number of hydrogen-bond donors (Lipinski definition) is 2. The van der Waals surface area contributed by atoms with Crippen LogP contribution in [0.2, 0.25) is 0 Å². The number of nitro benzene ring substituents is 1. The average molecular weight is 180 g/mol. The van der Waals surface area contributed by atoms with E-state index in [1.165, 1.54) is 18.2 Å². The fourth-order valence-corrected chi connectivity index (χ4v) is 0.958. The van der Waals surface area contributed by atoms with Crippen molar-refractivity contribution in [1.82, 2.24) is 0 Å². The van der Waals surface area contributed by atoms with Crippen LogP contribution < -0.4 is 5.73 Å². The topological polar surface area (TPSA) is 105 Å². The van der Waals surface area contributed by atoms with Gasteiger partial charge >= 0.3 is 0 Å². The summed E-state index contributed by atoms with van der Waals surface area (Å²) >= 11 is 0. The first-order valence-corrected chi connectivity index (χ1v) is 3.54. The van der Waals surface area contributed by atoms with Gasteiger partial charge in [0.1, 0.15) is 0 Å². The first kappa shape index (κ1) is 9.27. The van der Waals surface area contributed by atoms with Crippen LogP contribution in [-0.4, -0.2) is 4.92 Å². The summed E-state index contributed by atoms with van der Waals surface area (Å²) in [7, 11) is 0. The fourth-order valence-electron chi connectivity index (χ4n) is 0.958. The van der Waals surface area contributed by atoms with Gasteiger partial charge in [-0.2, -0.15) is 5.11 Å². The Hall–Kier alpha value is -1.82. The van der Waals surface area contributed by atoms with Crippen molar-refractivity contribution in [2.45, 2.75) is 6.54 Å². The molecule has 13 heavy (non-hydrogen) atoms. The molecule has 3 N–H and O–H groups in total. The SMILES string of the molecule is N=Nc1ccc([N+](=O)[O-])cc1CN. The minimum atomic E-state index is -0.507. The summed E-state index contributed by atoms with van der Waals surface area (Å²) in [4.78, 5) is 9.85. The molecule has 0 saturated heterocycles. The van der Waals surface area contributed by atoms with Gasteiger partial charge in [-0.3, -0.25) is 10.1 Å². The van der Waals surface area contributed by atoms with Crippen LogP contribution in [0.1, 0.15) is 5.56 Å². The second kappa shape index (κ2) is 3.72. The van der Waals surface area contributed by atoms with E-state index < -0.39 is 4.92 Å². The zero-order chi connectivity index (χ0) is 9.84. The van der Waals surface area contributed by atoms with Crippen LogP contribution in [-0.2, 0) is 6.54 Å². The van der Waals surface area contributed by atoms with E-state index in [2.05, 4.69) is 5.11 Å². The van der Waals surface area contributed by atoms with Crippen molar-refractivity contribution < 1.29 is 4.92 Å². The number of nitrogens with zero attached hydrogens (tertiary/aromatic N) is 2. The average Bonchev–Trinajstić information content (AvgIpc) is 2.16. The van der Waals surface area contributed by atoms with Crippen LogP contribution in [0.4, 0.5) is 11.4 Å². The van der Waals surface area contributed by atoms with Gasteiger partial charge in [-0.05, 0) is 6.07 Å². The molecule has 0 aliphatic carbocycles. The molecule has 0 unspecified atom stereocenters. The molecule has 0 aliphatic heterocycles. The molecule has 6 nitrogen and oxygen atoms in total. The lowest BCUT2D eigenvalue weighted by molar-refractivity contribution is -0.384. The van der Waals surface area contributed by atoms with Crippen LogP contribution >= 0.6 is 0 Å². The van der Waals surface area contributed by atoms with Crippen molar-refractivity contribution in [1.29, 1.82) is 5.53 Å². The zero-order valence-electron chi connectivity index (χ0n) is 6.73. The van der Waals surface area contributed by atoms with Crippen LogP contribution in [0, 0.1) is 15.6 Å². The second-order valence-electron chi connectivity index (χ2n) is 2.39. The van der Waals surface area contributed by atoms with Crippen molar-refractivity contribution in [2.75, 3.05) is 0 Å². The minimum absolute atomic E-state index is 0.0344. The molecule has 0 spiro atoms. The third-order valence-corrected chi connectivity index (χ3v) is 1.61. The van der Waals surface area contributed by atoms with Crippen LogP contribution in [0.3, 0.4) is 0 Å². The molecule has 0 saturated carbocycles. The van der Waals surface area contributed by atoms with Gasteiger partial charge in [0.25, 0.3) is 5.69 Å². The third kappa shape index (κ3) is 1.85. The molecule has 0 heterocycles. The highest BCUT2D eigenvalue weighted by Gasteiger charge is 2.08. The van der Waals surface area contributed by atoms with Gasteiger partial charge in [0.15, 0.2) is 0 Å². The number of nitro groups is 1. The maximum Gasteiger partial charge on any atom is 0.269 e. The molecule has 6 heteroatoms. The largest absolute Gasteiger partial charge is 0.326 e. The lowest BCUT2D eigenvalue weighted by atomic mass is 10.1. The van der Waals surface area contributed by atoms with E-state index in [-0.39, 0.29) is 12.2 Å². The lowest BCUT2D eigenvalue weighted by Gasteiger charge is -1.99. The number of rotatable bonds is 3. The highest BCUT2D eigenvalue weighted by atomic mass is 16.6. The van der Waals surface area contributed by atoms with Crippen LogP contribution in [0.15, 0.2) is 23.3 Å². The number of benzene rings is 1.